The third-order valence-electron chi connectivity index (χ3n) is 5.03. The normalized spacial score (nSPS) is 14.1. The van der Waals surface area contributed by atoms with E-state index in [-0.39, 0.29) is 5.91 Å². The van der Waals surface area contributed by atoms with Crippen molar-refractivity contribution in [3.8, 4) is 11.3 Å². The summed E-state index contributed by atoms with van der Waals surface area (Å²) in [6, 6.07) is 17.4. The second kappa shape index (κ2) is 8.76. The van der Waals surface area contributed by atoms with Crippen molar-refractivity contribution in [2.24, 2.45) is 0 Å². The lowest BCUT2D eigenvalue weighted by Gasteiger charge is -2.14. The third kappa shape index (κ3) is 4.61. The number of hydrogen-bond donors (Lipinski definition) is 1. The van der Waals surface area contributed by atoms with Crippen LogP contribution in [0.1, 0.15) is 34.5 Å². The number of benzene rings is 1. The van der Waals surface area contributed by atoms with Gasteiger partial charge in [-0.25, -0.2) is 0 Å². The highest BCUT2D eigenvalue weighted by Gasteiger charge is 2.12. The summed E-state index contributed by atoms with van der Waals surface area (Å²) in [7, 11) is 0. The Balaban J connectivity index is 1.36. The van der Waals surface area contributed by atoms with Crippen LogP contribution in [0.15, 0.2) is 67.0 Å². The van der Waals surface area contributed by atoms with Crippen LogP contribution in [-0.2, 0) is 13.1 Å². The van der Waals surface area contributed by atoms with Gasteiger partial charge in [-0.1, -0.05) is 24.3 Å². The summed E-state index contributed by atoms with van der Waals surface area (Å²) < 4.78 is 0. The summed E-state index contributed by atoms with van der Waals surface area (Å²) in [4.78, 5) is 23.6. The van der Waals surface area contributed by atoms with E-state index in [0.717, 1.165) is 23.5 Å². The van der Waals surface area contributed by atoms with Crippen molar-refractivity contribution in [3.05, 3.63) is 83.8 Å². The molecule has 2 aromatic heterocycles. The standard InChI is InChI=1S/C23H24N4O/c28-23(26-16-21-5-1-2-12-24-21)20-9-7-19(8-10-20)22-11-6-18(15-25-22)17-27-13-3-4-14-27/h1-2,5-12,15H,3-4,13-14,16-17H2,(H,26,28). The van der Waals surface area contributed by atoms with Crippen LogP contribution in [0.3, 0.4) is 0 Å². The van der Waals surface area contributed by atoms with E-state index in [1.54, 1.807) is 6.20 Å². The smallest absolute Gasteiger partial charge is 0.251 e. The van der Waals surface area contributed by atoms with Crippen LogP contribution in [0.25, 0.3) is 11.3 Å². The van der Waals surface area contributed by atoms with E-state index in [1.807, 2.05) is 48.7 Å². The van der Waals surface area contributed by atoms with E-state index >= 15 is 0 Å². The Bertz CT molecular complexity index is 902. The van der Waals surface area contributed by atoms with Gasteiger partial charge >= 0.3 is 0 Å². The van der Waals surface area contributed by atoms with E-state index in [0.29, 0.717) is 12.1 Å². The first-order valence-electron chi connectivity index (χ1n) is 9.74. The topological polar surface area (TPSA) is 58.1 Å². The lowest BCUT2D eigenvalue weighted by molar-refractivity contribution is 0.0950. The molecule has 0 atom stereocenters. The highest BCUT2D eigenvalue weighted by atomic mass is 16.1. The number of amides is 1. The molecule has 0 unspecified atom stereocenters. The highest BCUT2D eigenvalue weighted by Crippen LogP contribution is 2.19. The van der Waals surface area contributed by atoms with E-state index < -0.39 is 0 Å². The van der Waals surface area contributed by atoms with Crippen LogP contribution in [0, 0.1) is 0 Å². The molecule has 5 heteroatoms. The van der Waals surface area contributed by atoms with Crippen molar-refractivity contribution in [3.63, 3.8) is 0 Å². The number of nitrogens with zero attached hydrogens (tertiary/aromatic N) is 3. The first-order chi connectivity index (χ1) is 13.8. The van der Waals surface area contributed by atoms with Crippen LogP contribution < -0.4 is 5.32 Å². The monoisotopic (exact) mass is 372 g/mol. The zero-order chi connectivity index (χ0) is 19.2. The van der Waals surface area contributed by atoms with Gasteiger partial charge in [0.15, 0.2) is 0 Å². The minimum Gasteiger partial charge on any atom is -0.346 e. The summed E-state index contributed by atoms with van der Waals surface area (Å²) in [6.07, 6.45) is 6.28. The Morgan fingerprint density at radius 1 is 0.964 bits per heavy atom. The molecule has 0 spiro atoms. The van der Waals surface area contributed by atoms with Crippen molar-refractivity contribution in [1.29, 1.82) is 0 Å². The molecule has 0 saturated carbocycles. The molecule has 1 aromatic carbocycles. The first-order valence-corrected chi connectivity index (χ1v) is 9.74. The van der Waals surface area contributed by atoms with Gasteiger partial charge in [0.05, 0.1) is 17.9 Å². The van der Waals surface area contributed by atoms with Gasteiger partial charge in [0.1, 0.15) is 0 Å². The number of pyridine rings is 2. The molecular weight excluding hydrogens is 348 g/mol. The van der Waals surface area contributed by atoms with Crippen LogP contribution in [-0.4, -0.2) is 33.9 Å². The fraction of sp³-hybridized carbons (Fsp3) is 0.261. The van der Waals surface area contributed by atoms with Gasteiger partial charge in [-0.3, -0.25) is 19.7 Å². The molecule has 0 radical (unpaired) electrons. The fourth-order valence-corrected chi connectivity index (χ4v) is 3.46. The molecule has 3 heterocycles. The van der Waals surface area contributed by atoms with Crippen molar-refractivity contribution >= 4 is 5.91 Å². The molecule has 142 valence electrons. The number of hydrogen-bond acceptors (Lipinski definition) is 4. The summed E-state index contributed by atoms with van der Waals surface area (Å²) in [5.74, 6) is -0.105. The highest BCUT2D eigenvalue weighted by molar-refractivity contribution is 5.94. The van der Waals surface area contributed by atoms with E-state index in [2.05, 4.69) is 32.3 Å². The Morgan fingerprint density at radius 2 is 1.79 bits per heavy atom. The van der Waals surface area contributed by atoms with Gasteiger partial charge in [-0.2, -0.15) is 0 Å². The molecule has 1 fully saturated rings. The summed E-state index contributed by atoms with van der Waals surface area (Å²) in [5.41, 5.74) is 4.65. The van der Waals surface area contributed by atoms with Gasteiger partial charge in [0, 0.05) is 30.1 Å². The minimum absolute atomic E-state index is 0.105. The molecule has 5 nitrogen and oxygen atoms in total. The fourth-order valence-electron chi connectivity index (χ4n) is 3.46. The molecule has 4 rings (SSSR count). The Morgan fingerprint density at radius 3 is 2.46 bits per heavy atom. The van der Waals surface area contributed by atoms with Gasteiger partial charge in [0.2, 0.25) is 0 Å². The zero-order valence-corrected chi connectivity index (χ0v) is 15.8. The second-order valence-electron chi connectivity index (χ2n) is 7.12. The maximum absolute atomic E-state index is 12.3. The number of nitrogens with one attached hydrogen (secondary N) is 1. The average molecular weight is 372 g/mol. The lowest BCUT2D eigenvalue weighted by Crippen LogP contribution is -2.23. The number of rotatable bonds is 6. The summed E-state index contributed by atoms with van der Waals surface area (Å²) in [5, 5.41) is 2.89. The third-order valence-corrected chi connectivity index (χ3v) is 5.03. The summed E-state index contributed by atoms with van der Waals surface area (Å²) >= 11 is 0. The van der Waals surface area contributed by atoms with Crippen LogP contribution in [0.5, 0.6) is 0 Å². The number of aromatic nitrogens is 2. The van der Waals surface area contributed by atoms with Crippen LogP contribution >= 0.6 is 0 Å². The molecule has 0 bridgehead atoms. The second-order valence-corrected chi connectivity index (χ2v) is 7.12. The molecule has 1 N–H and O–H groups in total. The van der Waals surface area contributed by atoms with Gasteiger partial charge in [-0.15, -0.1) is 0 Å². The molecule has 0 aliphatic carbocycles. The van der Waals surface area contributed by atoms with Crippen molar-refractivity contribution in [2.45, 2.75) is 25.9 Å². The van der Waals surface area contributed by atoms with Crippen molar-refractivity contribution in [1.82, 2.24) is 20.2 Å². The average Bonchev–Trinajstić information content (AvgIpc) is 3.26. The Labute approximate surface area is 165 Å². The van der Waals surface area contributed by atoms with Crippen molar-refractivity contribution < 1.29 is 4.79 Å². The Kier molecular flexibility index (Phi) is 5.73. The summed E-state index contributed by atoms with van der Waals surface area (Å²) in [6.45, 7) is 3.77. The molecule has 1 aliphatic heterocycles. The maximum atomic E-state index is 12.3. The lowest BCUT2D eigenvalue weighted by atomic mass is 10.1. The number of carbonyl (C=O) groups excluding carboxylic acids is 1. The number of carbonyl (C=O) groups is 1. The van der Waals surface area contributed by atoms with E-state index in [1.165, 1.54) is 31.5 Å². The van der Waals surface area contributed by atoms with E-state index in [9.17, 15) is 4.79 Å². The quantitative estimate of drug-likeness (QED) is 0.717. The molecule has 3 aromatic rings. The van der Waals surface area contributed by atoms with Crippen LogP contribution in [0.4, 0.5) is 0 Å². The van der Waals surface area contributed by atoms with Gasteiger partial charge in [0.25, 0.3) is 5.91 Å². The number of likely N-dealkylation sites (tertiary alicyclic amines) is 1. The first kappa shape index (κ1) is 18.3. The molecule has 1 saturated heterocycles. The van der Waals surface area contributed by atoms with Gasteiger partial charge in [-0.05, 0) is 61.8 Å². The SMILES string of the molecule is O=C(NCc1ccccn1)c1ccc(-c2ccc(CN3CCCC3)cn2)cc1. The predicted octanol–water partition coefficient (Wildman–Crippen LogP) is 3.67. The molecule has 1 aliphatic rings. The van der Waals surface area contributed by atoms with Gasteiger partial charge < -0.3 is 5.32 Å². The predicted molar refractivity (Wildman–Crippen MR) is 110 cm³/mol. The Hall–Kier alpha value is -3.05. The zero-order valence-electron chi connectivity index (χ0n) is 15.8. The maximum Gasteiger partial charge on any atom is 0.251 e. The van der Waals surface area contributed by atoms with E-state index in [4.69, 9.17) is 0 Å². The minimum atomic E-state index is -0.105. The molecule has 28 heavy (non-hydrogen) atoms. The van der Waals surface area contributed by atoms with Crippen molar-refractivity contribution in [2.75, 3.05) is 13.1 Å². The van der Waals surface area contributed by atoms with Crippen LogP contribution in [0.2, 0.25) is 0 Å². The molecular formula is C23H24N4O. The molecule has 1 amide bonds. The largest absolute Gasteiger partial charge is 0.346 e.